The van der Waals surface area contributed by atoms with Crippen molar-refractivity contribution in [3.05, 3.63) is 29.8 Å². The first-order chi connectivity index (χ1) is 10.4. The number of aliphatic hydroxyl groups excluding tert-OH is 3. The van der Waals surface area contributed by atoms with Crippen LogP contribution >= 0.6 is 0 Å². The van der Waals surface area contributed by atoms with E-state index in [0.717, 1.165) is 0 Å². The van der Waals surface area contributed by atoms with Crippen molar-refractivity contribution >= 4 is 17.4 Å². The summed E-state index contributed by atoms with van der Waals surface area (Å²) in [7, 11) is 0. The zero-order valence-corrected chi connectivity index (χ0v) is 12.3. The van der Waals surface area contributed by atoms with E-state index < -0.39 is 18.3 Å². The molecule has 7 heteroatoms. The number of anilines is 1. The third-order valence-electron chi connectivity index (χ3n) is 3.60. The molecule has 22 heavy (non-hydrogen) atoms. The van der Waals surface area contributed by atoms with Crippen molar-refractivity contribution in [3.8, 4) is 0 Å². The van der Waals surface area contributed by atoms with Gasteiger partial charge in [-0.1, -0.05) is 12.1 Å². The van der Waals surface area contributed by atoms with Crippen LogP contribution in [0, 0.1) is 0 Å². The number of carbonyl (C=O) groups excluding carboxylic acids is 2. The Morgan fingerprint density at radius 2 is 1.86 bits per heavy atom. The summed E-state index contributed by atoms with van der Waals surface area (Å²) in [4.78, 5) is 24.9. The summed E-state index contributed by atoms with van der Waals surface area (Å²) in [5, 5.41) is 31.3. The van der Waals surface area contributed by atoms with Crippen molar-refractivity contribution in [3.63, 3.8) is 0 Å². The number of nitrogens with one attached hydrogen (secondary N) is 1. The molecule has 0 aliphatic carbocycles. The van der Waals surface area contributed by atoms with Crippen molar-refractivity contribution < 1.29 is 24.9 Å². The molecule has 4 N–H and O–H groups in total. The molecular weight excluding hydrogens is 288 g/mol. The summed E-state index contributed by atoms with van der Waals surface area (Å²) in [5.74, 6) is -0.413. The van der Waals surface area contributed by atoms with E-state index in [9.17, 15) is 24.9 Å². The molecule has 1 unspecified atom stereocenters. The van der Waals surface area contributed by atoms with E-state index in [4.69, 9.17) is 0 Å². The first kappa shape index (κ1) is 16.6. The normalized spacial score (nSPS) is 25.7. The standard InChI is InChI=1S/C15H20N2O5/c1-9(18)10-3-2-4-11(5-10)16-14(21)8-17-6-12(19)15(22)13(20)7-17/h2-5,12-13,15,19-20,22H,6-8H2,1H3,(H,16,21)/t12-,13+,15?. The molecule has 0 bridgehead atoms. The number of hydrogen-bond donors (Lipinski definition) is 4. The molecule has 0 radical (unpaired) electrons. The fourth-order valence-electron chi connectivity index (χ4n) is 2.42. The van der Waals surface area contributed by atoms with Gasteiger partial charge in [0, 0.05) is 24.3 Å². The maximum absolute atomic E-state index is 12.0. The Labute approximate surface area is 128 Å². The highest BCUT2D eigenvalue weighted by Gasteiger charge is 2.33. The summed E-state index contributed by atoms with van der Waals surface area (Å²) < 4.78 is 0. The Bertz CT molecular complexity index is 551. The smallest absolute Gasteiger partial charge is 0.238 e. The predicted molar refractivity (Wildman–Crippen MR) is 79.5 cm³/mol. The van der Waals surface area contributed by atoms with Crippen molar-refractivity contribution in [2.45, 2.75) is 25.2 Å². The van der Waals surface area contributed by atoms with Crippen LogP contribution in [0.25, 0.3) is 0 Å². The number of β-amino-alcohol motifs (C(OH)–C–C–N with tert-alkyl or cyclic N) is 2. The topological polar surface area (TPSA) is 110 Å². The van der Waals surface area contributed by atoms with Crippen molar-refractivity contribution in [1.29, 1.82) is 0 Å². The summed E-state index contributed by atoms with van der Waals surface area (Å²) >= 11 is 0. The number of carbonyl (C=O) groups is 2. The molecular formula is C15H20N2O5. The number of benzene rings is 1. The van der Waals surface area contributed by atoms with Gasteiger partial charge in [-0.25, -0.2) is 0 Å². The van der Waals surface area contributed by atoms with Crippen molar-refractivity contribution in [1.82, 2.24) is 4.90 Å². The fourth-order valence-corrected chi connectivity index (χ4v) is 2.42. The molecule has 120 valence electrons. The van der Waals surface area contributed by atoms with E-state index in [1.165, 1.54) is 6.92 Å². The van der Waals surface area contributed by atoms with E-state index in [0.29, 0.717) is 11.3 Å². The highest BCUT2D eigenvalue weighted by molar-refractivity contribution is 5.97. The molecule has 1 fully saturated rings. The monoisotopic (exact) mass is 308 g/mol. The van der Waals surface area contributed by atoms with Crippen LogP contribution < -0.4 is 5.32 Å². The minimum atomic E-state index is -1.19. The molecule has 1 aromatic rings. The van der Waals surface area contributed by atoms with Crippen LogP contribution in [-0.2, 0) is 4.79 Å². The number of amides is 1. The van der Waals surface area contributed by atoms with E-state index >= 15 is 0 Å². The molecule has 2 rings (SSSR count). The van der Waals surface area contributed by atoms with Gasteiger partial charge in [-0.15, -0.1) is 0 Å². The first-order valence-electron chi connectivity index (χ1n) is 7.04. The number of piperidine rings is 1. The Morgan fingerprint density at radius 3 is 2.45 bits per heavy atom. The summed E-state index contributed by atoms with van der Waals surface area (Å²) in [6, 6.07) is 6.60. The molecule has 1 heterocycles. The van der Waals surface area contributed by atoms with Gasteiger partial charge in [0.05, 0.1) is 18.8 Å². The summed E-state index contributed by atoms with van der Waals surface area (Å²) in [5.41, 5.74) is 1.01. The molecule has 1 aromatic carbocycles. The lowest BCUT2D eigenvalue weighted by atomic mass is 10.0. The fraction of sp³-hybridized carbons (Fsp3) is 0.467. The number of ketones is 1. The largest absolute Gasteiger partial charge is 0.389 e. The molecule has 1 aliphatic heterocycles. The minimum absolute atomic E-state index is 0.0227. The molecule has 1 amide bonds. The lowest BCUT2D eigenvalue weighted by Crippen LogP contribution is -2.56. The third kappa shape index (κ3) is 4.11. The number of nitrogens with zero attached hydrogens (tertiary/aromatic N) is 1. The van der Waals surface area contributed by atoms with Gasteiger partial charge >= 0.3 is 0 Å². The number of likely N-dealkylation sites (tertiary alicyclic amines) is 1. The van der Waals surface area contributed by atoms with E-state index in [1.807, 2.05) is 0 Å². The Hall–Kier alpha value is -1.80. The van der Waals surface area contributed by atoms with Gasteiger partial charge in [0.25, 0.3) is 0 Å². The maximum Gasteiger partial charge on any atom is 0.238 e. The van der Waals surface area contributed by atoms with Gasteiger partial charge in [0.2, 0.25) is 5.91 Å². The first-order valence-corrected chi connectivity index (χ1v) is 7.04. The quantitative estimate of drug-likeness (QED) is 0.544. The van der Waals surface area contributed by atoms with Crippen LogP contribution in [0.3, 0.4) is 0 Å². The SMILES string of the molecule is CC(=O)c1cccc(NC(=O)CN2C[C@@H](O)C(O)[C@@H](O)C2)c1. The van der Waals surface area contributed by atoms with Crippen LogP contribution in [0.4, 0.5) is 5.69 Å². The molecule has 1 aliphatic rings. The van der Waals surface area contributed by atoms with Crippen LogP contribution in [0.2, 0.25) is 0 Å². The van der Waals surface area contributed by atoms with Gasteiger partial charge in [0.15, 0.2) is 5.78 Å². The van der Waals surface area contributed by atoms with Crippen LogP contribution in [0.15, 0.2) is 24.3 Å². The van der Waals surface area contributed by atoms with E-state index in [2.05, 4.69) is 5.32 Å². The summed E-state index contributed by atoms with van der Waals surface area (Å²) in [6.45, 7) is 1.64. The number of hydrogen-bond acceptors (Lipinski definition) is 6. The highest BCUT2D eigenvalue weighted by atomic mass is 16.4. The lowest BCUT2D eigenvalue weighted by molar-refractivity contribution is -0.126. The number of rotatable bonds is 4. The predicted octanol–water partition coefficient (Wildman–Crippen LogP) is -0.774. The Morgan fingerprint density at radius 1 is 1.23 bits per heavy atom. The average molecular weight is 308 g/mol. The Kier molecular flexibility index (Phi) is 5.25. The van der Waals surface area contributed by atoms with Gasteiger partial charge in [-0.05, 0) is 19.1 Å². The van der Waals surface area contributed by atoms with Gasteiger partial charge in [-0.2, -0.15) is 0 Å². The Balaban J connectivity index is 1.93. The van der Waals surface area contributed by atoms with Crippen LogP contribution in [-0.4, -0.2) is 69.9 Å². The summed E-state index contributed by atoms with van der Waals surface area (Å²) in [6.07, 6.45) is -3.36. The van der Waals surface area contributed by atoms with Crippen molar-refractivity contribution in [2.24, 2.45) is 0 Å². The third-order valence-corrected chi connectivity index (χ3v) is 3.60. The van der Waals surface area contributed by atoms with Gasteiger partial charge < -0.3 is 20.6 Å². The van der Waals surface area contributed by atoms with E-state index in [-0.39, 0.29) is 31.3 Å². The second-order valence-electron chi connectivity index (χ2n) is 5.50. The van der Waals surface area contributed by atoms with Crippen molar-refractivity contribution in [2.75, 3.05) is 25.0 Å². The minimum Gasteiger partial charge on any atom is -0.389 e. The zero-order chi connectivity index (χ0) is 16.3. The molecule has 1 saturated heterocycles. The molecule has 3 atom stereocenters. The molecule has 0 saturated carbocycles. The van der Waals surface area contributed by atoms with Crippen LogP contribution in [0.1, 0.15) is 17.3 Å². The van der Waals surface area contributed by atoms with Gasteiger partial charge in [0.1, 0.15) is 6.10 Å². The molecule has 0 spiro atoms. The molecule has 7 nitrogen and oxygen atoms in total. The highest BCUT2D eigenvalue weighted by Crippen LogP contribution is 2.13. The van der Waals surface area contributed by atoms with Crippen LogP contribution in [0.5, 0.6) is 0 Å². The second-order valence-corrected chi connectivity index (χ2v) is 5.50. The van der Waals surface area contributed by atoms with Gasteiger partial charge in [-0.3, -0.25) is 14.5 Å². The van der Waals surface area contributed by atoms with E-state index in [1.54, 1.807) is 29.2 Å². The maximum atomic E-state index is 12.0. The molecule has 0 aromatic heterocycles. The zero-order valence-electron chi connectivity index (χ0n) is 12.3. The number of aliphatic hydroxyl groups is 3. The average Bonchev–Trinajstić information content (AvgIpc) is 2.44. The lowest BCUT2D eigenvalue weighted by Gasteiger charge is -2.36. The second kappa shape index (κ2) is 6.97. The number of Topliss-reactive ketones (excluding diaryl/α,β-unsaturated/α-hetero) is 1.